The Bertz CT molecular complexity index is 950. The van der Waals surface area contributed by atoms with Crippen LogP contribution < -0.4 is 5.32 Å². The number of nitrogens with zero attached hydrogens (tertiary/aromatic N) is 2. The van der Waals surface area contributed by atoms with Crippen LogP contribution in [0, 0.1) is 17.5 Å². The van der Waals surface area contributed by atoms with Crippen molar-refractivity contribution in [1.82, 2.24) is 10.2 Å². The van der Waals surface area contributed by atoms with Crippen LogP contribution in [0.25, 0.3) is 0 Å². The third-order valence-corrected chi connectivity index (χ3v) is 5.51. The van der Waals surface area contributed by atoms with Gasteiger partial charge in [0.05, 0.1) is 10.6 Å². The van der Waals surface area contributed by atoms with Gasteiger partial charge in [0, 0.05) is 5.75 Å². The van der Waals surface area contributed by atoms with Gasteiger partial charge in [-0.1, -0.05) is 46.8 Å². The molecule has 0 atom stereocenters. The summed E-state index contributed by atoms with van der Waals surface area (Å²) in [6.45, 7) is 0. The van der Waals surface area contributed by atoms with Gasteiger partial charge in [-0.3, -0.25) is 10.1 Å². The van der Waals surface area contributed by atoms with E-state index in [1.54, 1.807) is 12.1 Å². The quantitative estimate of drug-likeness (QED) is 0.355. The second-order valence-electron chi connectivity index (χ2n) is 4.99. The van der Waals surface area contributed by atoms with Crippen LogP contribution in [0.5, 0.6) is 0 Å². The second kappa shape index (κ2) is 8.07. The largest absolute Gasteiger partial charge is 0.296 e. The smallest absolute Gasteiger partial charge is 0.259 e. The molecule has 0 saturated carbocycles. The van der Waals surface area contributed by atoms with E-state index in [4.69, 9.17) is 11.6 Å². The Kier molecular flexibility index (Phi) is 5.80. The van der Waals surface area contributed by atoms with Gasteiger partial charge in [0.25, 0.3) is 5.91 Å². The van der Waals surface area contributed by atoms with E-state index in [2.05, 4.69) is 15.5 Å². The molecule has 3 aromatic rings. The van der Waals surface area contributed by atoms with Crippen LogP contribution in [0.15, 0.2) is 40.7 Å². The molecule has 0 aliphatic rings. The fourth-order valence-corrected chi connectivity index (χ4v) is 3.84. The van der Waals surface area contributed by atoms with Crippen molar-refractivity contribution in [3.05, 3.63) is 70.0 Å². The molecule has 0 bridgehead atoms. The number of benzene rings is 2. The number of carbonyl (C=O) groups is 1. The molecular weight excluding hydrogens is 407 g/mol. The monoisotopic (exact) mass is 415 g/mol. The molecule has 0 aliphatic carbocycles. The fourth-order valence-electron chi connectivity index (χ4n) is 1.91. The van der Waals surface area contributed by atoms with Crippen molar-refractivity contribution >= 4 is 45.7 Å². The van der Waals surface area contributed by atoms with Gasteiger partial charge in [0.15, 0.2) is 16.0 Å². The molecule has 0 fully saturated rings. The number of aromatic nitrogens is 2. The SMILES string of the molecule is O=C(Nc1nnc(SCc2ccc(F)cc2)s1)c1cc(F)c(F)cc1Cl. The van der Waals surface area contributed by atoms with Gasteiger partial charge in [0.1, 0.15) is 5.82 Å². The summed E-state index contributed by atoms with van der Waals surface area (Å²) in [7, 11) is 0. The Morgan fingerprint density at radius 3 is 2.54 bits per heavy atom. The molecular formula is C16H9ClF3N3OS2. The van der Waals surface area contributed by atoms with Gasteiger partial charge in [-0.25, -0.2) is 13.2 Å². The Morgan fingerprint density at radius 1 is 1.12 bits per heavy atom. The standard InChI is InChI=1S/C16H9ClF3N3OS2/c17-11-6-13(20)12(19)5-10(11)14(24)21-15-22-23-16(26-15)25-7-8-1-3-9(18)4-2-8/h1-6H,7H2,(H,21,22,24). The number of hydrogen-bond donors (Lipinski definition) is 1. The third-order valence-electron chi connectivity index (χ3n) is 3.16. The fraction of sp³-hybridized carbons (Fsp3) is 0.0625. The first-order valence-corrected chi connectivity index (χ1v) is 9.27. The van der Waals surface area contributed by atoms with E-state index in [9.17, 15) is 18.0 Å². The third kappa shape index (κ3) is 4.54. The molecule has 0 unspecified atom stereocenters. The molecule has 1 heterocycles. The highest BCUT2D eigenvalue weighted by atomic mass is 35.5. The lowest BCUT2D eigenvalue weighted by Gasteiger charge is -2.04. The van der Waals surface area contributed by atoms with Gasteiger partial charge < -0.3 is 0 Å². The summed E-state index contributed by atoms with van der Waals surface area (Å²) >= 11 is 8.25. The molecule has 134 valence electrons. The summed E-state index contributed by atoms with van der Waals surface area (Å²) in [4.78, 5) is 12.1. The first kappa shape index (κ1) is 18.7. The van der Waals surface area contributed by atoms with E-state index < -0.39 is 17.5 Å². The molecule has 1 N–H and O–H groups in total. The predicted octanol–water partition coefficient (Wildman–Crippen LogP) is 5.15. The average molecular weight is 416 g/mol. The molecule has 0 spiro atoms. The first-order valence-electron chi connectivity index (χ1n) is 7.09. The number of nitrogens with one attached hydrogen (secondary N) is 1. The van der Waals surface area contributed by atoms with Crippen molar-refractivity contribution in [3.8, 4) is 0 Å². The van der Waals surface area contributed by atoms with Gasteiger partial charge in [0.2, 0.25) is 5.13 Å². The van der Waals surface area contributed by atoms with Crippen LogP contribution in [-0.2, 0) is 5.75 Å². The molecule has 2 aromatic carbocycles. The van der Waals surface area contributed by atoms with Gasteiger partial charge in [-0.15, -0.1) is 10.2 Å². The predicted molar refractivity (Wildman–Crippen MR) is 95.2 cm³/mol. The lowest BCUT2D eigenvalue weighted by atomic mass is 10.2. The summed E-state index contributed by atoms with van der Waals surface area (Å²) in [5, 5.41) is 10.2. The van der Waals surface area contributed by atoms with Crippen molar-refractivity contribution in [2.75, 3.05) is 5.32 Å². The maximum atomic E-state index is 13.3. The van der Waals surface area contributed by atoms with Crippen LogP contribution in [0.4, 0.5) is 18.3 Å². The summed E-state index contributed by atoms with van der Waals surface area (Å²) in [5.41, 5.74) is 0.701. The van der Waals surface area contributed by atoms with Gasteiger partial charge in [-0.2, -0.15) is 0 Å². The lowest BCUT2D eigenvalue weighted by molar-refractivity contribution is 0.102. The highest BCUT2D eigenvalue weighted by Gasteiger charge is 2.17. The summed E-state index contributed by atoms with van der Waals surface area (Å²) in [5.74, 6) is -2.79. The molecule has 0 aliphatic heterocycles. The Hall–Kier alpha value is -2.10. The van der Waals surface area contributed by atoms with Crippen LogP contribution >= 0.6 is 34.7 Å². The van der Waals surface area contributed by atoms with Crippen LogP contribution in [0.3, 0.4) is 0 Å². The topological polar surface area (TPSA) is 54.9 Å². The van der Waals surface area contributed by atoms with Crippen molar-refractivity contribution in [1.29, 1.82) is 0 Å². The number of thioether (sulfide) groups is 1. The average Bonchev–Trinajstić information content (AvgIpc) is 3.05. The van der Waals surface area contributed by atoms with E-state index in [0.717, 1.165) is 29.0 Å². The highest BCUT2D eigenvalue weighted by Crippen LogP contribution is 2.29. The molecule has 3 rings (SSSR count). The number of amides is 1. The minimum atomic E-state index is -1.17. The van der Waals surface area contributed by atoms with E-state index in [1.165, 1.54) is 23.9 Å². The molecule has 1 amide bonds. The number of anilines is 1. The number of carbonyl (C=O) groups excluding carboxylic acids is 1. The summed E-state index contributed by atoms with van der Waals surface area (Å²) in [6.07, 6.45) is 0. The highest BCUT2D eigenvalue weighted by molar-refractivity contribution is 8.00. The van der Waals surface area contributed by atoms with Crippen molar-refractivity contribution in [3.63, 3.8) is 0 Å². The molecule has 0 radical (unpaired) electrons. The maximum absolute atomic E-state index is 13.3. The zero-order valence-corrected chi connectivity index (χ0v) is 15.2. The van der Waals surface area contributed by atoms with Crippen LogP contribution in [-0.4, -0.2) is 16.1 Å². The normalized spacial score (nSPS) is 10.8. The number of hydrogen-bond acceptors (Lipinski definition) is 5. The van der Waals surface area contributed by atoms with Crippen LogP contribution in [0.1, 0.15) is 15.9 Å². The van der Waals surface area contributed by atoms with Gasteiger partial charge in [-0.05, 0) is 29.8 Å². The number of halogens is 4. The van der Waals surface area contributed by atoms with Crippen LogP contribution in [0.2, 0.25) is 5.02 Å². The summed E-state index contributed by atoms with van der Waals surface area (Å²) in [6, 6.07) is 7.52. The molecule has 10 heteroatoms. The summed E-state index contributed by atoms with van der Waals surface area (Å²) < 4.78 is 39.8. The maximum Gasteiger partial charge on any atom is 0.259 e. The molecule has 26 heavy (non-hydrogen) atoms. The second-order valence-corrected chi connectivity index (χ2v) is 7.60. The first-order chi connectivity index (χ1) is 12.4. The van der Waals surface area contributed by atoms with Gasteiger partial charge >= 0.3 is 0 Å². The van der Waals surface area contributed by atoms with E-state index >= 15 is 0 Å². The minimum absolute atomic E-state index is 0.192. The molecule has 1 aromatic heterocycles. The van der Waals surface area contributed by atoms with E-state index in [1.807, 2.05) is 0 Å². The molecule has 4 nitrogen and oxygen atoms in total. The molecule has 0 saturated heterocycles. The minimum Gasteiger partial charge on any atom is -0.296 e. The zero-order chi connectivity index (χ0) is 18.7. The van der Waals surface area contributed by atoms with Crippen molar-refractivity contribution < 1.29 is 18.0 Å². The lowest BCUT2D eigenvalue weighted by Crippen LogP contribution is -2.13. The number of rotatable bonds is 5. The Morgan fingerprint density at radius 2 is 1.81 bits per heavy atom. The van der Waals surface area contributed by atoms with E-state index in [0.29, 0.717) is 10.1 Å². The van der Waals surface area contributed by atoms with Crippen molar-refractivity contribution in [2.45, 2.75) is 10.1 Å². The van der Waals surface area contributed by atoms with Crippen molar-refractivity contribution in [2.24, 2.45) is 0 Å². The zero-order valence-electron chi connectivity index (χ0n) is 12.8. The van der Waals surface area contributed by atoms with E-state index in [-0.39, 0.29) is 21.5 Å². The Balaban J connectivity index is 1.63. The Labute approximate surface area is 159 Å².